The van der Waals surface area contributed by atoms with Crippen molar-refractivity contribution in [3.8, 4) is 17.6 Å². The maximum absolute atomic E-state index is 8.46. The summed E-state index contributed by atoms with van der Waals surface area (Å²) < 4.78 is 11.3. The molecule has 0 radical (unpaired) electrons. The van der Waals surface area contributed by atoms with Gasteiger partial charge < -0.3 is 14.8 Å². The van der Waals surface area contributed by atoms with E-state index in [1.54, 1.807) is 0 Å². The molecule has 0 aromatic heterocycles. The first-order chi connectivity index (χ1) is 8.42. The van der Waals surface area contributed by atoms with E-state index in [2.05, 4.69) is 11.4 Å². The van der Waals surface area contributed by atoms with Crippen LogP contribution in [-0.4, -0.2) is 19.8 Å². The zero-order chi connectivity index (χ0) is 11.9. The molecule has 2 rings (SSSR count). The third kappa shape index (κ3) is 3.11. The molecule has 0 saturated carbocycles. The van der Waals surface area contributed by atoms with Crippen LogP contribution in [-0.2, 0) is 6.54 Å². The molecule has 1 heterocycles. The molecule has 1 aromatic rings. The number of hydrogen-bond acceptors (Lipinski definition) is 4. The average molecular weight is 232 g/mol. The first-order valence-corrected chi connectivity index (χ1v) is 5.87. The van der Waals surface area contributed by atoms with Crippen LogP contribution in [0.5, 0.6) is 11.5 Å². The molecule has 0 fully saturated rings. The van der Waals surface area contributed by atoms with Crippen molar-refractivity contribution in [2.75, 3.05) is 19.8 Å². The summed E-state index contributed by atoms with van der Waals surface area (Å²) in [6, 6.07) is 8.03. The predicted octanol–water partition coefficient (Wildman–Crippen LogP) is 1.85. The second-order valence-electron chi connectivity index (χ2n) is 3.88. The van der Waals surface area contributed by atoms with Crippen LogP contribution in [0.3, 0.4) is 0 Å². The third-order valence-corrected chi connectivity index (χ3v) is 2.58. The Labute approximate surface area is 101 Å². The summed E-state index contributed by atoms with van der Waals surface area (Å²) in [6.07, 6.45) is 1.43. The highest BCUT2D eigenvalue weighted by Gasteiger charge is 2.13. The van der Waals surface area contributed by atoms with Crippen LogP contribution in [0.25, 0.3) is 0 Å². The number of para-hydroxylation sites is 1. The van der Waals surface area contributed by atoms with E-state index in [1.807, 2.05) is 18.2 Å². The van der Waals surface area contributed by atoms with Crippen molar-refractivity contribution in [3.05, 3.63) is 23.8 Å². The summed E-state index contributed by atoms with van der Waals surface area (Å²) in [5.74, 6) is 1.66. The van der Waals surface area contributed by atoms with Crippen molar-refractivity contribution < 1.29 is 9.47 Å². The Bertz CT molecular complexity index is 412. The number of nitriles is 1. The lowest BCUT2D eigenvalue weighted by atomic mass is 10.2. The van der Waals surface area contributed by atoms with Gasteiger partial charge in [-0.2, -0.15) is 5.26 Å². The largest absolute Gasteiger partial charge is 0.490 e. The van der Waals surface area contributed by atoms with Gasteiger partial charge in [-0.15, -0.1) is 0 Å². The fourth-order valence-electron chi connectivity index (χ4n) is 1.76. The van der Waals surface area contributed by atoms with E-state index >= 15 is 0 Å². The van der Waals surface area contributed by atoms with Gasteiger partial charge >= 0.3 is 0 Å². The standard InChI is InChI=1S/C13H16N2O2/c14-6-2-7-15-10-11-4-1-5-12-13(11)17-9-3-8-16-12/h1,4-5,15H,2-3,7-10H2. The summed E-state index contributed by atoms with van der Waals surface area (Å²) in [5.41, 5.74) is 1.09. The molecule has 4 heteroatoms. The molecule has 0 atom stereocenters. The molecule has 0 spiro atoms. The van der Waals surface area contributed by atoms with Crippen molar-refractivity contribution in [1.82, 2.24) is 5.32 Å². The van der Waals surface area contributed by atoms with Gasteiger partial charge in [0.25, 0.3) is 0 Å². The summed E-state index contributed by atoms with van der Waals surface area (Å²) in [6.45, 7) is 2.80. The van der Waals surface area contributed by atoms with Gasteiger partial charge in [0, 0.05) is 31.5 Å². The molecule has 1 aliphatic heterocycles. The maximum Gasteiger partial charge on any atom is 0.165 e. The van der Waals surface area contributed by atoms with Crippen LogP contribution in [0.4, 0.5) is 0 Å². The van der Waals surface area contributed by atoms with Gasteiger partial charge in [-0.05, 0) is 6.07 Å². The molecular weight excluding hydrogens is 216 g/mol. The monoisotopic (exact) mass is 232 g/mol. The molecule has 0 bridgehead atoms. The molecular formula is C13H16N2O2. The Morgan fingerprint density at radius 2 is 2.18 bits per heavy atom. The molecule has 0 saturated heterocycles. The minimum Gasteiger partial charge on any atom is -0.490 e. The van der Waals surface area contributed by atoms with Gasteiger partial charge in [-0.1, -0.05) is 12.1 Å². The Morgan fingerprint density at radius 3 is 3.06 bits per heavy atom. The van der Waals surface area contributed by atoms with Gasteiger partial charge in [0.2, 0.25) is 0 Å². The number of nitrogens with one attached hydrogen (secondary N) is 1. The number of ether oxygens (including phenoxy) is 2. The van der Waals surface area contributed by atoms with Gasteiger partial charge in [0.05, 0.1) is 19.3 Å². The lowest BCUT2D eigenvalue weighted by Crippen LogP contribution is -2.15. The highest BCUT2D eigenvalue weighted by atomic mass is 16.5. The van der Waals surface area contributed by atoms with Crippen molar-refractivity contribution in [1.29, 1.82) is 5.26 Å². The van der Waals surface area contributed by atoms with Crippen LogP contribution in [0.2, 0.25) is 0 Å². The van der Waals surface area contributed by atoms with E-state index in [-0.39, 0.29) is 0 Å². The van der Waals surface area contributed by atoms with E-state index in [9.17, 15) is 0 Å². The summed E-state index contributed by atoms with van der Waals surface area (Å²) in [4.78, 5) is 0. The number of benzene rings is 1. The molecule has 1 aromatic carbocycles. The molecule has 17 heavy (non-hydrogen) atoms. The van der Waals surface area contributed by atoms with E-state index in [4.69, 9.17) is 14.7 Å². The lowest BCUT2D eigenvalue weighted by molar-refractivity contribution is 0.296. The highest BCUT2D eigenvalue weighted by Crippen LogP contribution is 2.32. The van der Waals surface area contributed by atoms with Crippen molar-refractivity contribution in [2.24, 2.45) is 0 Å². The highest BCUT2D eigenvalue weighted by molar-refractivity contribution is 5.46. The Kier molecular flexibility index (Phi) is 4.23. The number of hydrogen-bond donors (Lipinski definition) is 1. The zero-order valence-corrected chi connectivity index (χ0v) is 9.74. The second kappa shape index (κ2) is 6.12. The predicted molar refractivity (Wildman–Crippen MR) is 64.0 cm³/mol. The van der Waals surface area contributed by atoms with Crippen LogP contribution >= 0.6 is 0 Å². The average Bonchev–Trinajstić information content (AvgIpc) is 2.60. The fourth-order valence-corrected chi connectivity index (χ4v) is 1.76. The first-order valence-electron chi connectivity index (χ1n) is 5.87. The zero-order valence-electron chi connectivity index (χ0n) is 9.74. The van der Waals surface area contributed by atoms with Gasteiger partial charge in [-0.25, -0.2) is 0 Å². The summed E-state index contributed by atoms with van der Waals surface area (Å²) in [5, 5.41) is 11.7. The van der Waals surface area contributed by atoms with E-state index in [0.29, 0.717) is 32.7 Å². The van der Waals surface area contributed by atoms with E-state index < -0.39 is 0 Å². The van der Waals surface area contributed by atoms with Crippen molar-refractivity contribution >= 4 is 0 Å². The summed E-state index contributed by atoms with van der Waals surface area (Å²) in [7, 11) is 0. The van der Waals surface area contributed by atoms with Gasteiger partial charge in [0.15, 0.2) is 11.5 Å². The van der Waals surface area contributed by atoms with Crippen LogP contribution < -0.4 is 14.8 Å². The molecule has 0 unspecified atom stereocenters. The van der Waals surface area contributed by atoms with E-state index in [1.165, 1.54) is 0 Å². The van der Waals surface area contributed by atoms with Crippen LogP contribution in [0.1, 0.15) is 18.4 Å². The van der Waals surface area contributed by atoms with Gasteiger partial charge in [0.1, 0.15) is 0 Å². The molecule has 1 aliphatic rings. The molecule has 4 nitrogen and oxygen atoms in total. The molecule has 0 amide bonds. The lowest BCUT2D eigenvalue weighted by Gasteiger charge is -2.12. The molecule has 1 N–H and O–H groups in total. The summed E-state index contributed by atoms with van der Waals surface area (Å²) >= 11 is 0. The Hall–Kier alpha value is -1.73. The minimum atomic E-state index is 0.520. The smallest absolute Gasteiger partial charge is 0.165 e. The van der Waals surface area contributed by atoms with Crippen molar-refractivity contribution in [2.45, 2.75) is 19.4 Å². The van der Waals surface area contributed by atoms with Gasteiger partial charge in [-0.3, -0.25) is 0 Å². The topological polar surface area (TPSA) is 54.3 Å². The quantitative estimate of drug-likeness (QED) is 0.805. The molecule has 90 valence electrons. The first kappa shape index (κ1) is 11.7. The number of rotatable bonds is 4. The normalized spacial score (nSPS) is 13.8. The van der Waals surface area contributed by atoms with Crippen LogP contribution in [0.15, 0.2) is 18.2 Å². The fraction of sp³-hybridized carbons (Fsp3) is 0.462. The number of nitrogens with zero attached hydrogens (tertiary/aromatic N) is 1. The van der Waals surface area contributed by atoms with Crippen molar-refractivity contribution in [3.63, 3.8) is 0 Å². The Morgan fingerprint density at radius 1 is 1.29 bits per heavy atom. The number of fused-ring (bicyclic) bond motifs is 1. The minimum absolute atomic E-state index is 0.520. The maximum atomic E-state index is 8.46. The molecule has 0 aliphatic carbocycles. The SMILES string of the molecule is N#CCCNCc1cccc2c1OCCCO2. The van der Waals surface area contributed by atoms with E-state index in [0.717, 1.165) is 23.5 Å². The second-order valence-corrected chi connectivity index (χ2v) is 3.88. The third-order valence-electron chi connectivity index (χ3n) is 2.58. The Balaban J connectivity index is 2.04. The van der Waals surface area contributed by atoms with Crippen LogP contribution in [0, 0.1) is 11.3 Å².